The Morgan fingerprint density at radius 1 is 1.02 bits per heavy atom. The Labute approximate surface area is 264 Å². The van der Waals surface area contributed by atoms with Crippen molar-refractivity contribution in [1.29, 1.82) is 0 Å². The first-order chi connectivity index (χ1) is 22.2. The monoisotopic (exact) mass is 629 g/mol. The van der Waals surface area contributed by atoms with Crippen LogP contribution in [0.5, 0.6) is 0 Å². The van der Waals surface area contributed by atoms with Gasteiger partial charge in [-0.2, -0.15) is 0 Å². The maximum absolute atomic E-state index is 13.8. The number of nitrogens with zero attached hydrogens (tertiary/aromatic N) is 3. The molecule has 3 aromatic carbocycles. The number of nitrogens with one attached hydrogen (secondary N) is 2. The van der Waals surface area contributed by atoms with Gasteiger partial charge >= 0.3 is 18.2 Å². The maximum Gasteiger partial charge on any atom is 0.418 e. The van der Waals surface area contributed by atoms with E-state index < -0.39 is 54.0 Å². The first-order valence-corrected chi connectivity index (χ1v) is 14.8. The summed E-state index contributed by atoms with van der Waals surface area (Å²) < 4.78 is 24.7. The van der Waals surface area contributed by atoms with Gasteiger partial charge in [-0.1, -0.05) is 48.5 Å². The van der Waals surface area contributed by atoms with E-state index in [1.807, 2.05) is 30.3 Å². The van der Waals surface area contributed by atoms with Gasteiger partial charge in [-0.25, -0.2) is 23.7 Å². The lowest BCUT2D eigenvalue weighted by molar-refractivity contribution is -0.144. The number of urea groups is 1. The molecule has 12 nitrogen and oxygen atoms in total. The Balaban J connectivity index is 1.15. The lowest BCUT2D eigenvalue weighted by Crippen LogP contribution is -2.63. The van der Waals surface area contributed by atoms with Gasteiger partial charge in [0.15, 0.2) is 0 Å². The molecule has 2 N–H and O–H groups in total. The summed E-state index contributed by atoms with van der Waals surface area (Å²) in [5.41, 5.74) is 1.69. The summed E-state index contributed by atoms with van der Waals surface area (Å²) in [6.07, 6.45) is -0.833. The average Bonchev–Trinajstić information content (AvgIpc) is 3.51. The van der Waals surface area contributed by atoms with Gasteiger partial charge in [-0.3, -0.25) is 9.59 Å². The SMILES string of the molecule is CNC(=O)Nc1ccc2c(c1)CC[C@@]21OC(=O)N(CC(=O)N(Cc2ccc(F)cc2)C2CN(C(=O)OCc3ccccc3)C2)C1=O. The largest absolute Gasteiger partial charge is 0.445 e. The molecule has 1 aliphatic carbocycles. The highest BCUT2D eigenvalue weighted by Crippen LogP contribution is 2.46. The van der Waals surface area contributed by atoms with Gasteiger partial charge < -0.3 is 29.9 Å². The number of ether oxygens (including phenoxy) is 2. The van der Waals surface area contributed by atoms with Crippen LogP contribution < -0.4 is 10.6 Å². The fourth-order valence-electron chi connectivity index (χ4n) is 5.97. The van der Waals surface area contributed by atoms with Crippen LogP contribution in [-0.4, -0.2) is 77.5 Å². The molecule has 3 aliphatic rings. The van der Waals surface area contributed by atoms with E-state index in [1.54, 1.807) is 30.3 Å². The van der Waals surface area contributed by atoms with Gasteiger partial charge in [0, 0.05) is 44.4 Å². The molecule has 46 heavy (non-hydrogen) atoms. The first-order valence-electron chi connectivity index (χ1n) is 14.8. The summed E-state index contributed by atoms with van der Waals surface area (Å²) in [6, 6.07) is 19.1. The van der Waals surface area contributed by atoms with E-state index in [9.17, 15) is 28.4 Å². The molecule has 2 fully saturated rings. The lowest BCUT2D eigenvalue weighted by Gasteiger charge is -2.44. The quantitative estimate of drug-likeness (QED) is 0.387. The molecule has 0 aromatic heterocycles. The minimum Gasteiger partial charge on any atom is -0.445 e. The number of imide groups is 1. The van der Waals surface area contributed by atoms with E-state index in [0.717, 1.165) is 16.0 Å². The highest BCUT2D eigenvalue weighted by Gasteiger charge is 2.58. The second kappa shape index (κ2) is 12.5. The van der Waals surface area contributed by atoms with Crippen LogP contribution in [0.4, 0.5) is 24.5 Å². The molecule has 1 atom stereocenters. The van der Waals surface area contributed by atoms with Gasteiger partial charge in [0.25, 0.3) is 5.91 Å². The van der Waals surface area contributed by atoms with Crippen LogP contribution in [0.2, 0.25) is 0 Å². The lowest BCUT2D eigenvalue weighted by atomic mass is 9.94. The zero-order chi connectivity index (χ0) is 32.4. The van der Waals surface area contributed by atoms with E-state index in [2.05, 4.69) is 10.6 Å². The van der Waals surface area contributed by atoms with Crippen molar-refractivity contribution in [3.05, 3.63) is 101 Å². The number of hydrogen-bond acceptors (Lipinski definition) is 7. The number of amides is 6. The number of carbonyl (C=O) groups excluding carboxylic acids is 5. The molecule has 6 rings (SSSR count). The molecule has 238 valence electrons. The second-order valence-corrected chi connectivity index (χ2v) is 11.4. The number of halogens is 1. The number of rotatable bonds is 8. The van der Waals surface area contributed by atoms with Crippen LogP contribution in [0.1, 0.15) is 28.7 Å². The number of hydrogen-bond donors (Lipinski definition) is 2. The molecule has 1 spiro atoms. The normalized spacial score (nSPS) is 18.6. The van der Waals surface area contributed by atoms with E-state index in [4.69, 9.17) is 9.47 Å². The molecule has 2 aliphatic heterocycles. The van der Waals surface area contributed by atoms with Crippen LogP contribution in [-0.2, 0) is 44.2 Å². The summed E-state index contributed by atoms with van der Waals surface area (Å²) in [5.74, 6) is -1.60. The predicted molar refractivity (Wildman–Crippen MR) is 162 cm³/mol. The summed E-state index contributed by atoms with van der Waals surface area (Å²) in [4.78, 5) is 68.8. The van der Waals surface area contributed by atoms with Crippen molar-refractivity contribution in [1.82, 2.24) is 20.0 Å². The van der Waals surface area contributed by atoms with Gasteiger partial charge in [-0.15, -0.1) is 0 Å². The predicted octanol–water partition coefficient (Wildman–Crippen LogP) is 3.75. The van der Waals surface area contributed by atoms with Gasteiger partial charge in [0.1, 0.15) is 19.0 Å². The minimum absolute atomic E-state index is 0.0723. The van der Waals surface area contributed by atoms with Gasteiger partial charge in [-0.05, 0) is 47.4 Å². The Morgan fingerprint density at radius 2 is 1.76 bits per heavy atom. The number of aryl methyl sites for hydroxylation is 1. The molecule has 0 bridgehead atoms. The Morgan fingerprint density at radius 3 is 2.48 bits per heavy atom. The third kappa shape index (κ3) is 5.95. The van der Waals surface area contributed by atoms with E-state index in [-0.39, 0.29) is 32.7 Å². The van der Waals surface area contributed by atoms with Crippen LogP contribution in [0.3, 0.4) is 0 Å². The molecule has 0 unspecified atom stereocenters. The second-order valence-electron chi connectivity index (χ2n) is 11.4. The Bertz CT molecular complexity index is 1680. The number of fused-ring (bicyclic) bond motifs is 2. The number of likely N-dealkylation sites (tertiary alicyclic amines) is 1. The number of anilines is 1. The summed E-state index contributed by atoms with van der Waals surface area (Å²) in [6.45, 7) is -0.0234. The van der Waals surface area contributed by atoms with E-state index in [1.165, 1.54) is 29.0 Å². The molecule has 0 radical (unpaired) electrons. The van der Waals surface area contributed by atoms with Crippen LogP contribution in [0.25, 0.3) is 0 Å². The maximum atomic E-state index is 13.8. The molecule has 6 amide bonds. The van der Waals surface area contributed by atoms with Crippen molar-refractivity contribution in [2.45, 2.75) is 37.6 Å². The summed E-state index contributed by atoms with van der Waals surface area (Å²) in [5, 5.41) is 5.15. The smallest absolute Gasteiger partial charge is 0.418 e. The van der Waals surface area contributed by atoms with Gasteiger partial charge in [0.05, 0.1) is 6.04 Å². The van der Waals surface area contributed by atoms with Crippen molar-refractivity contribution >= 4 is 35.7 Å². The number of benzene rings is 3. The van der Waals surface area contributed by atoms with Gasteiger partial charge in [0.2, 0.25) is 11.5 Å². The van der Waals surface area contributed by atoms with Crippen molar-refractivity contribution in [3.8, 4) is 0 Å². The highest BCUT2D eigenvalue weighted by molar-refractivity contribution is 6.06. The fourth-order valence-corrected chi connectivity index (χ4v) is 5.97. The molecule has 3 aromatic rings. The standard InChI is InChI=1S/C33H32FN5O7/c1-35-30(42)36-25-11-12-27-23(15-25)13-14-33(27)29(41)39(32(44)46-33)19-28(40)38(16-21-7-9-24(34)10-8-21)26-17-37(18-26)31(43)45-20-22-5-3-2-4-6-22/h2-12,15,26H,13-14,16-20H2,1H3,(H2,35,36,42)/t33-/m1/s1. The molecular weight excluding hydrogens is 597 g/mol. The van der Waals surface area contributed by atoms with Crippen molar-refractivity contribution in [3.63, 3.8) is 0 Å². The first kappa shape index (κ1) is 30.6. The zero-order valence-corrected chi connectivity index (χ0v) is 25.0. The van der Waals surface area contributed by atoms with Crippen molar-refractivity contribution < 1.29 is 37.8 Å². The van der Waals surface area contributed by atoms with Crippen molar-refractivity contribution in [2.24, 2.45) is 0 Å². The van der Waals surface area contributed by atoms with Crippen LogP contribution in [0, 0.1) is 5.82 Å². The molecule has 2 saturated heterocycles. The molecular formula is C33H32FN5O7. The molecule has 2 heterocycles. The van der Waals surface area contributed by atoms with E-state index >= 15 is 0 Å². The Hall–Kier alpha value is -5.46. The minimum atomic E-state index is -1.56. The topological polar surface area (TPSA) is 138 Å². The Kier molecular flexibility index (Phi) is 8.31. The highest BCUT2D eigenvalue weighted by atomic mass is 19.1. The van der Waals surface area contributed by atoms with Crippen LogP contribution in [0.15, 0.2) is 72.8 Å². The molecule has 0 saturated carbocycles. The average molecular weight is 630 g/mol. The zero-order valence-electron chi connectivity index (χ0n) is 25.0. The summed E-state index contributed by atoms with van der Waals surface area (Å²) in [7, 11) is 1.49. The van der Waals surface area contributed by atoms with E-state index in [0.29, 0.717) is 23.2 Å². The fraction of sp³-hybridized carbons (Fsp3) is 0.303. The third-order valence-corrected chi connectivity index (χ3v) is 8.49. The molecule has 13 heteroatoms. The van der Waals surface area contributed by atoms with Crippen molar-refractivity contribution in [2.75, 3.05) is 32.0 Å². The summed E-state index contributed by atoms with van der Waals surface area (Å²) >= 11 is 0. The number of carbonyl (C=O) groups is 5. The van der Waals surface area contributed by atoms with Crippen LogP contribution >= 0.6 is 0 Å². The third-order valence-electron chi connectivity index (χ3n) is 8.49.